The van der Waals surface area contributed by atoms with Crippen molar-refractivity contribution in [2.45, 2.75) is 50.7 Å². The Bertz CT molecular complexity index is 477. The number of alkyl halides is 3. The van der Waals surface area contributed by atoms with Crippen LogP contribution in [0.3, 0.4) is 0 Å². The maximum Gasteiger partial charge on any atom is 0.416 e. The van der Waals surface area contributed by atoms with Gasteiger partial charge in [-0.25, -0.2) is 0 Å². The summed E-state index contributed by atoms with van der Waals surface area (Å²) in [5, 5.41) is 0. The Labute approximate surface area is 123 Å². The number of halogens is 3. The fourth-order valence-corrected chi connectivity index (χ4v) is 2.71. The molecule has 116 valence electrons. The molecule has 0 amide bonds. The number of hydrogen-bond acceptors (Lipinski definition) is 2. The Morgan fingerprint density at radius 2 is 1.81 bits per heavy atom. The zero-order chi connectivity index (χ0) is 15.3. The van der Waals surface area contributed by atoms with E-state index in [-0.39, 0.29) is 6.04 Å². The van der Waals surface area contributed by atoms with Gasteiger partial charge in [0.2, 0.25) is 0 Å². The predicted molar refractivity (Wildman–Crippen MR) is 77.4 cm³/mol. The molecule has 0 aromatic heterocycles. The molecule has 0 radical (unpaired) electrons. The van der Waals surface area contributed by atoms with E-state index < -0.39 is 11.7 Å². The van der Waals surface area contributed by atoms with Crippen LogP contribution in [-0.4, -0.2) is 6.04 Å². The standard InChI is InChI=1S/C16H21F3N2/c17-16(18,19)14-8-6-13(7-9-14)11-15(21-20)10-12-4-2-1-3-5-12/h4,6-9,15,21H,1-3,5,10-11,20H2. The average molecular weight is 298 g/mol. The van der Waals surface area contributed by atoms with Gasteiger partial charge in [0.15, 0.2) is 0 Å². The van der Waals surface area contributed by atoms with Crippen molar-refractivity contribution in [3.8, 4) is 0 Å². The zero-order valence-corrected chi connectivity index (χ0v) is 11.9. The number of allylic oxidation sites excluding steroid dienone is 1. The Balaban J connectivity index is 1.96. The van der Waals surface area contributed by atoms with Crippen LogP contribution in [0.25, 0.3) is 0 Å². The van der Waals surface area contributed by atoms with Crippen LogP contribution in [0.15, 0.2) is 35.9 Å². The van der Waals surface area contributed by atoms with Crippen molar-refractivity contribution in [2.75, 3.05) is 0 Å². The van der Waals surface area contributed by atoms with E-state index in [2.05, 4.69) is 11.5 Å². The highest BCUT2D eigenvalue weighted by atomic mass is 19.4. The summed E-state index contributed by atoms with van der Waals surface area (Å²) in [5.41, 5.74) is 4.43. The van der Waals surface area contributed by atoms with Crippen molar-refractivity contribution < 1.29 is 13.2 Å². The normalized spacial score (nSPS) is 17.4. The van der Waals surface area contributed by atoms with Gasteiger partial charge in [-0.15, -0.1) is 0 Å². The fourth-order valence-electron chi connectivity index (χ4n) is 2.71. The Morgan fingerprint density at radius 3 is 2.33 bits per heavy atom. The SMILES string of the molecule is NNC(CC1=CCCCC1)Cc1ccc(C(F)(F)F)cc1. The molecule has 2 nitrogen and oxygen atoms in total. The van der Waals surface area contributed by atoms with Crippen LogP contribution in [0.5, 0.6) is 0 Å². The lowest BCUT2D eigenvalue weighted by Crippen LogP contribution is -2.37. The van der Waals surface area contributed by atoms with Crippen LogP contribution in [0.4, 0.5) is 13.2 Å². The third kappa shape index (κ3) is 4.86. The summed E-state index contributed by atoms with van der Waals surface area (Å²) >= 11 is 0. The average Bonchev–Trinajstić information content (AvgIpc) is 2.47. The summed E-state index contributed by atoms with van der Waals surface area (Å²) in [7, 11) is 0. The van der Waals surface area contributed by atoms with Crippen molar-refractivity contribution >= 4 is 0 Å². The molecule has 1 aliphatic carbocycles. The van der Waals surface area contributed by atoms with Gasteiger partial charge < -0.3 is 0 Å². The van der Waals surface area contributed by atoms with E-state index in [9.17, 15) is 13.2 Å². The van der Waals surface area contributed by atoms with Crippen molar-refractivity contribution in [3.05, 3.63) is 47.0 Å². The van der Waals surface area contributed by atoms with E-state index in [0.29, 0.717) is 6.42 Å². The molecule has 5 heteroatoms. The van der Waals surface area contributed by atoms with Crippen LogP contribution in [-0.2, 0) is 12.6 Å². The molecule has 21 heavy (non-hydrogen) atoms. The van der Waals surface area contributed by atoms with E-state index >= 15 is 0 Å². The summed E-state index contributed by atoms with van der Waals surface area (Å²) in [6.45, 7) is 0. The zero-order valence-electron chi connectivity index (χ0n) is 11.9. The van der Waals surface area contributed by atoms with Crippen LogP contribution in [0.2, 0.25) is 0 Å². The first-order valence-electron chi connectivity index (χ1n) is 7.29. The topological polar surface area (TPSA) is 38.0 Å². The first kappa shape index (κ1) is 16.0. The molecule has 1 aliphatic rings. The molecule has 1 atom stereocenters. The van der Waals surface area contributed by atoms with Gasteiger partial charge in [0.05, 0.1) is 5.56 Å². The molecule has 0 fully saturated rings. The third-order valence-electron chi connectivity index (χ3n) is 3.89. The van der Waals surface area contributed by atoms with Gasteiger partial charge in [-0.2, -0.15) is 13.2 Å². The smallest absolute Gasteiger partial charge is 0.271 e. The Morgan fingerprint density at radius 1 is 1.10 bits per heavy atom. The molecule has 0 bridgehead atoms. The van der Waals surface area contributed by atoms with Gasteiger partial charge in [-0.05, 0) is 56.2 Å². The molecule has 1 aromatic carbocycles. The van der Waals surface area contributed by atoms with Gasteiger partial charge in [0.1, 0.15) is 0 Å². The second-order valence-corrected chi connectivity index (χ2v) is 5.57. The van der Waals surface area contributed by atoms with Gasteiger partial charge in [0, 0.05) is 6.04 Å². The predicted octanol–water partition coefficient (Wildman–Crippen LogP) is 3.97. The van der Waals surface area contributed by atoms with Gasteiger partial charge in [-0.1, -0.05) is 23.8 Å². The largest absolute Gasteiger partial charge is 0.416 e. The van der Waals surface area contributed by atoms with Gasteiger partial charge >= 0.3 is 6.18 Å². The lowest BCUT2D eigenvalue weighted by atomic mass is 9.92. The molecule has 0 aliphatic heterocycles. The molecule has 0 spiro atoms. The monoisotopic (exact) mass is 298 g/mol. The number of rotatable bonds is 5. The first-order chi connectivity index (χ1) is 9.99. The van der Waals surface area contributed by atoms with Gasteiger partial charge in [-0.3, -0.25) is 11.3 Å². The number of nitrogens with two attached hydrogens (primary N) is 1. The molecule has 1 aromatic rings. The van der Waals surface area contributed by atoms with E-state index in [1.807, 2.05) is 0 Å². The lowest BCUT2D eigenvalue weighted by Gasteiger charge is -2.20. The summed E-state index contributed by atoms with van der Waals surface area (Å²) in [6, 6.07) is 5.38. The van der Waals surface area contributed by atoms with Crippen LogP contribution >= 0.6 is 0 Å². The van der Waals surface area contributed by atoms with Crippen molar-refractivity contribution in [3.63, 3.8) is 0 Å². The minimum atomic E-state index is -4.28. The Hall–Kier alpha value is -1.33. The minimum absolute atomic E-state index is 0.0612. The Kier molecular flexibility index (Phi) is 5.42. The maximum atomic E-state index is 12.5. The first-order valence-corrected chi connectivity index (χ1v) is 7.29. The number of hydrazine groups is 1. The fraction of sp³-hybridized carbons (Fsp3) is 0.500. The highest BCUT2D eigenvalue weighted by molar-refractivity contribution is 5.25. The van der Waals surface area contributed by atoms with E-state index in [0.717, 1.165) is 37.0 Å². The van der Waals surface area contributed by atoms with Crippen LogP contribution < -0.4 is 11.3 Å². The summed E-state index contributed by atoms with van der Waals surface area (Å²) in [5.74, 6) is 5.58. The van der Waals surface area contributed by atoms with E-state index in [1.165, 1.54) is 30.5 Å². The van der Waals surface area contributed by atoms with Crippen LogP contribution in [0.1, 0.15) is 43.2 Å². The van der Waals surface area contributed by atoms with Crippen molar-refractivity contribution in [1.29, 1.82) is 0 Å². The highest BCUT2D eigenvalue weighted by Gasteiger charge is 2.30. The number of hydrogen-bond donors (Lipinski definition) is 2. The number of nitrogens with one attached hydrogen (secondary N) is 1. The van der Waals surface area contributed by atoms with Crippen molar-refractivity contribution in [2.24, 2.45) is 5.84 Å². The molecular weight excluding hydrogens is 277 g/mol. The van der Waals surface area contributed by atoms with E-state index in [4.69, 9.17) is 5.84 Å². The molecule has 0 saturated carbocycles. The summed E-state index contributed by atoms with van der Waals surface area (Å²) in [6.07, 6.45) is 4.14. The molecule has 0 heterocycles. The van der Waals surface area contributed by atoms with Gasteiger partial charge in [0.25, 0.3) is 0 Å². The van der Waals surface area contributed by atoms with Crippen molar-refractivity contribution in [1.82, 2.24) is 5.43 Å². The lowest BCUT2D eigenvalue weighted by molar-refractivity contribution is -0.137. The molecule has 3 N–H and O–H groups in total. The minimum Gasteiger partial charge on any atom is -0.271 e. The molecular formula is C16H21F3N2. The number of benzene rings is 1. The molecule has 0 saturated heterocycles. The highest BCUT2D eigenvalue weighted by Crippen LogP contribution is 2.29. The summed E-state index contributed by atoms with van der Waals surface area (Å²) < 4.78 is 37.6. The molecule has 2 rings (SSSR count). The van der Waals surface area contributed by atoms with Crippen LogP contribution in [0, 0.1) is 0 Å². The van der Waals surface area contributed by atoms with E-state index in [1.54, 1.807) is 0 Å². The third-order valence-corrected chi connectivity index (χ3v) is 3.89. The summed E-state index contributed by atoms with van der Waals surface area (Å²) in [4.78, 5) is 0. The quantitative estimate of drug-likeness (QED) is 0.490. The second kappa shape index (κ2) is 7.09. The second-order valence-electron chi connectivity index (χ2n) is 5.57. The molecule has 1 unspecified atom stereocenters. The maximum absolute atomic E-state index is 12.5.